The summed E-state index contributed by atoms with van der Waals surface area (Å²) in [7, 11) is 0. The molecule has 17 heavy (non-hydrogen) atoms. The lowest BCUT2D eigenvalue weighted by Gasteiger charge is -1.88. The first kappa shape index (κ1) is 18.2. The first-order chi connectivity index (χ1) is 8.33. The molecule has 2 heteroatoms. The number of aldehydes is 2. The molecule has 0 radical (unpaired) electrons. The Kier molecular flexibility index (Phi) is 21.7. The van der Waals surface area contributed by atoms with Crippen LogP contribution in [0.3, 0.4) is 0 Å². The van der Waals surface area contributed by atoms with Crippen LogP contribution in [0.1, 0.15) is 58.8 Å². The number of unbranched alkanes of at least 4 members (excludes halogenated alkanes) is 5. The molecule has 0 aliphatic rings. The molecule has 2 nitrogen and oxygen atoms in total. The normalized spacial score (nSPS) is 10.2. The van der Waals surface area contributed by atoms with Gasteiger partial charge in [0.2, 0.25) is 0 Å². The van der Waals surface area contributed by atoms with Crippen LogP contribution in [-0.4, -0.2) is 12.6 Å². The molecule has 98 valence electrons. The molecule has 0 unspecified atom stereocenters. The van der Waals surface area contributed by atoms with Crippen molar-refractivity contribution in [3.05, 3.63) is 24.3 Å². The summed E-state index contributed by atoms with van der Waals surface area (Å²) in [6.45, 7) is 4.30. The zero-order chi connectivity index (χ0) is 13.2. The zero-order valence-electron chi connectivity index (χ0n) is 11.2. The third-order valence-electron chi connectivity index (χ3n) is 2.13. The van der Waals surface area contributed by atoms with E-state index < -0.39 is 0 Å². The van der Waals surface area contributed by atoms with Crippen molar-refractivity contribution in [1.82, 2.24) is 0 Å². The maximum Gasteiger partial charge on any atom is 0.142 e. The van der Waals surface area contributed by atoms with Crippen LogP contribution in [0.25, 0.3) is 0 Å². The molecule has 0 bridgehead atoms. The number of hydrogen-bond donors (Lipinski definition) is 0. The van der Waals surface area contributed by atoms with Crippen LogP contribution in [0, 0.1) is 0 Å². The molecular weight excluding hydrogens is 212 g/mol. The van der Waals surface area contributed by atoms with Crippen molar-refractivity contribution in [3.63, 3.8) is 0 Å². The van der Waals surface area contributed by atoms with Gasteiger partial charge in [0.15, 0.2) is 0 Å². The van der Waals surface area contributed by atoms with E-state index in [0.29, 0.717) is 0 Å². The highest BCUT2D eigenvalue weighted by Crippen LogP contribution is 1.98. The van der Waals surface area contributed by atoms with Gasteiger partial charge in [0.1, 0.15) is 12.6 Å². The van der Waals surface area contributed by atoms with Gasteiger partial charge in [-0.2, -0.15) is 0 Å². The third kappa shape index (κ3) is 25.3. The van der Waals surface area contributed by atoms with Gasteiger partial charge in [-0.15, -0.1) is 0 Å². The van der Waals surface area contributed by atoms with Gasteiger partial charge in [-0.25, -0.2) is 0 Å². The molecule has 0 saturated heterocycles. The smallest absolute Gasteiger partial charge is 0.142 e. The van der Waals surface area contributed by atoms with E-state index in [-0.39, 0.29) is 0 Å². The minimum Gasteiger partial charge on any atom is -0.299 e. The van der Waals surface area contributed by atoms with E-state index in [1.165, 1.54) is 32.1 Å². The van der Waals surface area contributed by atoms with Crippen molar-refractivity contribution >= 4 is 12.6 Å². The molecular formula is C15H26O2. The second-order valence-corrected chi connectivity index (χ2v) is 3.77. The molecule has 0 amide bonds. The lowest BCUT2D eigenvalue weighted by atomic mass is 10.2. The van der Waals surface area contributed by atoms with Crippen molar-refractivity contribution in [2.45, 2.75) is 58.8 Å². The van der Waals surface area contributed by atoms with E-state index in [9.17, 15) is 9.59 Å². The van der Waals surface area contributed by atoms with Gasteiger partial charge in [0.05, 0.1) is 0 Å². The minimum atomic E-state index is 0.815. The molecule has 0 heterocycles. The van der Waals surface area contributed by atoms with E-state index >= 15 is 0 Å². The first-order valence-electron chi connectivity index (χ1n) is 6.54. The largest absolute Gasteiger partial charge is 0.299 e. The average Bonchev–Trinajstić information content (AvgIpc) is 2.36. The van der Waals surface area contributed by atoms with Gasteiger partial charge in [0.25, 0.3) is 0 Å². The van der Waals surface area contributed by atoms with Crippen LogP contribution < -0.4 is 0 Å². The summed E-state index contributed by atoms with van der Waals surface area (Å²) < 4.78 is 0. The lowest BCUT2D eigenvalue weighted by Crippen LogP contribution is -1.70. The van der Waals surface area contributed by atoms with Crippen molar-refractivity contribution in [2.24, 2.45) is 0 Å². The summed E-state index contributed by atoms with van der Waals surface area (Å²) in [6, 6.07) is 0. The van der Waals surface area contributed by atoms with Gasteiger partial charge in [-0.05, 0) is 31.4 Å². The fourth-order valence-corrected chi connectivity index (χ4v) is 1.14. The molecule has 0 fully saturated rings. The molecule has 0 N–H and O–H groups in total. The SMILES string of the molecule is CCCCC=CC=O.CCCCCC=CC=O. The second kappa shape index (κ2) is 20.3. The summed E-state index contributed by atoms with van der Waals surface area (Å²) in [5.41, 5.74) is 0. The van der Waals surface area contributed by atoms with Crippen LogP contribution in [0.5, 0.6) is 0 Å². The molecule has 0 aromatic heterocycles. The number of carbonyl (C=O) groups excluding carboxylic acids is 2. The van der Waals surface area contributed by atoms with Crippen molar-refractivity contribution < 1.29 is 9.59 Å². The molecule has 0 spiro atoms. The molecule has 0 aromatic rings. The Bertz CT molecular complexity index is 205. The van der Waals surface area contributed by atoms with Crippen LogP contribution in [0.2, 0.25) is 0 Å². The van der Waals surface area contributed by atoms with Crippen LogP contribution in [0.15, 0.2) is 24.3 Å². The van der Waals surface area contributed by atoms with E-state index in [0.717, 1.165) is 25.4 Å². The summed E-state index contributed by atoms with van der Waals surface area (Å²) in [6.07, 6.45) is 16.8. The second-order valence-electron chi connectivity index (χ2n) is 3.77. The quantitative estimate of drug-likeness (QED) is 0.342. The number of hydrogen-bond acceptors (Lipinski definition) is 2. The fourth-order valence-electron chi connectivity index (χ4n) is 1.14. The van der Waals surface area contributed by atoms with Crippen molar-refractivity contribution in [3.8, 4) is 0 Å². The van der Waals surface area contributed by atoms with Gasteiger partial charge < -0.3 is 0 Å². The van der Waals surface area contributed by atoms with Crippen molar-refractivity contribution in [2.75, 3.05) is 0 Å². The Morgan fingerprint density at radius 1 is 0.706 bits per heavy atom. The summed E-state index contributed by atoms with van der Waals surface area (Å²) in [5.74, 6) is 0. The molecule has 0 atom stereocenters. The van der Waals surface area contributed by atoms with E-state index in [1.807, 2.05) is 12.2 Å². The summed E-state index contributed by atoms with van der Waals surface area (Å²) in [4.78, 5) is 19.4. The standard InChI is InChI=1S/C8H14O.C7H12O/c1-2-3-4-5-6-7-8-9;1-2-3-4-5-6-7-8/h6-8H,2-5H2,1H3;5-7H,2-4H2,1H3. The molecule has 0 aliphatic heterocycles. The maximum atomic E-state index is 9.75. The fraction of sp³-hybridized carbons (Fsp3) is 0.600. The molecule has 0 aliphatic carbocycles. The first-order valence-corrected chi connectivity index (χ1v) is 6.54. The Morgan fingerprint density at radius 3 is 1.59 bits per heavy atom. The van der Waals surface area contributed by atoms with Gasteiger partial charge in [-0.1, -0.05) is 51.7 Å². The molecule has 0 saturated carbocycles. The Morgan fingerprint density at radius 2 is 1.18 bits per heavy atom. The summed E-state index contributed by atoms with van der Waals surface area (Å²) >= 11 is 0. The number of allylic oxidation sites excluding steroid dienone is 4. The molecule has 0 rings (SSSR count). The highest BCUT2D eigenvalue weighted by atomic mass is 16.1. The topological polar surface area (TPSA) is 34.1 Å². The third-order valence-corrected chi connectivity index (χ3v) is 2.13. The van der Waals surface area contributed by atoms with Gasteiger partial charge in [0, 0.05) is 0 Å². The Labute approximate surface area is 106 Å². The van der Waals surface area contributed by atoms with E-state index in [2.05, 4.69) is 13.8 Å². The predicted molar refractivity (Wildman–Crippen MR) is 74.1 cm³/mol. The zero-order valence-corrected chi connectivity index (χ0v) is 11.2. The minimum absolute atomic E-state index is 0.815. The monoisotopic (exact) mass is 238 g/mol. The van der Waals surface area contributed by atoms with Crippen molar-refractivity contribution in [1.29, 1.82) is 0 Å². The number of carbonyl (C=O) groups is 2. The molecule has 0 aromatic carbocycles. The van der Waals surface area contributed by atoms with Gasteiger partial charge in [-0.3, -0.25) is 9.59 Å². The Hall–Kier alpha value is -1.18. The summed E-state index contributed by atoms with van der Waals surface area (Å²) in [5, 5.41) is 0. The average molecular weight is 238 g/mol. The highest BCUT2D eigenvalue weighted by molar-refractivity contribution is 5.64. The van der Waals surface area contributed by atoms with Crippen LogP contribution in [0.4, 0.5) is 0 Å². The van der Waals surface area contributed by atoms with E-state index in [1.54, 1.807) is 12.2 Å². The van der Waals surface area contributed by atoms with Crippen LogP contribution >= 0.6 is 0 Å². The van der Waals surface area contributed by atoms with E-state index in [4.69, 9.17) is 0 Å². The maximum absolute atomic E-state index is 9.75. The Balaban J connectivity index is 0. The predicted octanol–water partition coefficient (Wildman–Crippen LogP) is 4.25. The number of rotatable bonds is 9. The highest BCUT2D eigenvalue weighted by Gasteiger charge is 1.79. The van der Waals surface area contributed by atoms with Gasteiger partial charge >= 0.3 is 0 Å². The lowest BCUT2D eigenvalue weighted by molar-refractivity contribution is -0.104. The van der Waals surface area contributed by atoms with Crippen LogP contribution in [-0.2, 0) is 9.59 Å².